The molecule has 1 N–H and O–H groups in total. The predicted octanol–water partition coefficient (Wildman–Crippen LogP) is 3.73. The lowest BCUT2D eigenvalue weighted by atomic mass is 10.0. The normalized spacial score (nSPS) is 18.4. The number of ether oxygens (including phenoxy) is 1. The van der Waals surface area contributed by atoms with Gasteiger partial charge < -0.3 is 10.1 Å². The maximum Gasteiger partial charge on any atom is 0.123 e. The molecule has 20 heavy (non-hydrogen) atoms. The Hall–Kier alpha value is -1.80. The Bertz CT molecular complexity index is 527. The van der Waals surface area contributed by atoms with E-state index in [0.29, 0.717) is 6.04 Å². The molecule has 2 atom stereocenters. The Morgan fingerprint density at radius 2 is 1.85 bits per heavy atom. The van der Waals surface area contributed by atoms with Crippen LogP contribution in [0.4, 0.5) is 0 Å². The molecule has 0 bridgehead atoms. The van der Waals surface area contributed by atoms with Crippen LogP contribution in [0, 0.1) is 0 Å². The van der Waals surface area contributed by atoms with Crippen molar-refractivity contribution in [1.82, 2.24) is 5.32 Å². The summed E-state index contributed by atoms with van der Waals surface area (Å²) in [5, 5.41) is 3.64. The summed E-state index contributed by atoms with van der Waals surface area (Å²) in [6.45, 7) is 3.11. The summed E-state index contributed by atoms with van der Waals surface area (Å²) in [6.07, 6.45) is 2.35. The summed E-state index contributed by atoms with van der Waals surface area (Å²) < 4.78 is 5.98. The molecule has 3 rings (SSSR count). The van der Waals surface area contributed by atoms with Crippen LogP contribution in [0.3, 0.4) is 0 Å². The van der Waals surface area contributed by atoms with Gasteiger partial charge in [-0.25, -0.2) is 0 Å². The smallest absolute Gasteiger partial charge is 0.123 e. The summed E-state index contributed by atoms with van der Waals surface area (Å²) >= 11 is 0. The Morgan fingerprint density at radius 3 is 2.60 bits per heavy atom. The van der Waals surface area contributed by atoms with E-state index in [9.17, 15) is 0 Å². The molecule has 0 amide bonds. The van der Waals surface area contributed by atoms with Gasteiger partial charge in [0, 0.05) is 19.0 Å². The topological polar surface area (TPSA) is 21.3 Å². The highest BCUT2D eigenvalue weighted by Crippen LogP contribution is 2.28. The summed E-state index contributed by atoms with van der Waals surface area (Å²) in [7, 11) is 0. The average molecular weight is 267 g/mol. The molecule has 2 heteroatoms. The molecule has 0 saturated carbocycles. The first kappa shape index (κ1) is 13.2. The van der Waals surface area contributed by atoms with Gasteiger partial charge in [0.05, 0.1) is 0 Å². The SMILES string of the molecule is CCC(NCC1Cc2ccccc2O1)c1ccccc1. The third-order valence-electron chi connectivity index (χ3n) is 3.92. The summed E-state index contributed by atoms with van der Waals surface area (Å²) in [4.78, 5) is 0. The van der Waals surface area contributed by atoms with Gasteiger partial charge >= 0.3 is 0 Å². The van der Waals surface area contributed by atoms with Crippen LogP contribution >= 0.6 is 0 Å². The van der Waals surface area contributed by atoms with Crippen molar-refractivity contribution in [2.24, 2.45) is 0 Å². The van der Waals surface area contributed by atoms with E-state index in [0.717, 1.165) is 25.1 Å². The molecule has 0 radical (unpaired) electrons. The lowest BCUT2D eigenvalue weighted by Crippen LogP contribution is -2.32. The van der Waals surface area contributed by atoms with Gasteiger partial charge in [0.25, 0.3) is 0 Å². The second-order valence-electron chi connectivity index (χ2n) is 5.33. The molecular formula is C18H21NO. The van der Waals surface area contributed by atoms with Gasteiger partial charge in [-0.1, -0.05) is 55.5 Å². The molecule has 2 aromatic carbocycles. The molecule has 0 aromatic heterocycles. The zero-order chi connectivity index (χ0) is 13.8. The third-order valence-corrected chi connectivity index (χ3v) is 3.92. The van der Waals surface area contributed by atoms with Crippen molar-refractivity contribution in [3.63, 3.8) is 0 Å². The fourth-order valence-electron chi connectivity index (χ4n) is 2.82. The van der Waals surface area contributed by atoms with E-state index in [1.807, 2.05) is 6.07 Å². The van der Waals surface area contributed by atoms with Gasteiger partial charge in [0.2, 0.25) is 0 Å². The van der Waals surface area contributed by atoms with E-state index in [-0.39, 0.29) is 6.10 Å². The second kappa shape index (κ2) is 6.10. The van der Waals surface area contributed by atoms with E-state index in [4.69, 9.17) is 4.74 Å². The maximum absolute atomic E-state index is 5.98. The van der Waals surface area contributed by atoms with Gasteiger partial charge in [-0.3, -0.25) is 0 Å². The van der Waals surface area contributed by atoms with Crippen LogP contribution in [0.25, 0.3) is 0 Å². The monoisotopic (exact) mass is 267 g/mol. The lowest BCUT2D eigenvalue weighted by molar-refractivity contribution is 0.220. The molecule has 0 saturated heterocycles. The minimum Gasteiger partial charge on any atom is -0.488 e. The number of hydrogen-bond donors (Lipinski definition) is 1. The molecule has 1 heterocycles. The highest BCUT2D eigenvalue weighted by Gasteiger charge is 2.22. The molecule has 2 unspecified atom stereocenters. The molecular weight excluding hydrogens is 246 g/mol. The highest BCUT2D eigenvalue weighted by molar-refractivity contribution is 5.37. The molecule has 0 aliphatic carbocycles. The quantitative estimate of drug-likeness (QED) is 0.891. The minimum atomic E-state index is 0.255. The number of hydrogen-bond acceptors (Lipinski definition) is 2. The minimum absolute atomic E-state index is 0.255. The van der Waals surface area contributed by atoms with Crippen molar-refractivity contribution in [2.75, 3.05) is 6.54 Å². The highest BCUT2D eigenvalue weighted by atomic mass is 16.5. The van der Waals surface area contributed by atoms with Crippen molar-refractivity contribution in [3.8, 4) is 5.75 Å². The predicted molar refractivity (Wildman–Crippen MR) is 82.0 cm³/mol. The number of rotatable bonds is 5. The first-order chi connectivity index (χ1) is 9.86. The van der Waals surface area contributed by atoms with Gasteiger partial charge in [-0.05, 0) is 23.6 Å². The van der Waals surface area contributed by atoms with Crippen LogP contribution in [0.1, 0.15) is 30.5 Å². The van der Waals surface area contributed by atoms with Crippen LogP contribution in [0.2, 0.25) is 0 Å². The first-order valence-electron chi connectivity index (χ1n) is 7.39. The Balaban J connectivity index is 1.58. The Labute approximate surface area is 120 Å². The zero-order valence-corrected chi connectivity index (χ0v) is 11.9. The van der Waals surface area contributed by atoms with Crippen molar-refractivity contribution in [3.05, 3.63) is 65.7 Å². The van der Waals surface area contributed by atoms with Gasteiger partial charge in [-0.15, -0.1) is 0 Å². The lowest BCUT2D eigenvalue weighted by Gasteiger charge is -2.20. The van der Waals surface area contributed by atoms with Gasteiger partial charge in [0.1, 0.15) is 11.9 Å². The standard InChI is InChI=1S/C18H21NO/c1-2-17(14-8-4-3-5-9-14)19-13-16-12-15-10-6-7-11-18(15)20-16/h3-11,16-17,19H,2,12-13H2,1H3. The summed E-state index contributed by atoms with van der Waals surface area (Å²) in [5.41, 5.74) is 2.68. The van der Waals surface area contributed by atoms with Gasteiger partial charge in [0.15, 0.2) is 0 Å². The fraction of sp³-hybridized carbons (Fsp3) is 0.333. The van der Waals surface area contributed by atoms with Crippen LogP contribution in [-0.2, 0) is 6.42 Å². The first-order valence-corrected chi connectivity index (χ1v) is 7.39. The third kappa shape index (κ3) is 2.86. The number of benzene rings is 2. The fourth-order valence-corrected chi connectivity index (χ4v) is 2.82. The van der Waals surface area contributed by atoms with Crippen molar-refractivity contribution in [1.29, 1.82) is 0 Å². The molecule has 104 valence electrons. The van der Waals surface area contributed by atoms with Crippen LogP contribution in [0.5, 0.6) is 5.75 Å². The van der Waals surface area contributed by atoms with Crippen molar-refractivity contribution >= 4 is 0 Å². The molecule has 0 fully saturated rings. The van der Waals surface area contributed by atoms with Crippen LogP contribution in [0.15, 0.2) is 54.6 Å². The number of fused-ring (bicyclic) bond motifs is 1. The summed E-state index contributed by atoms with van der Waals surface area (Å²) in [5.74, 6) is 1.05. The van der Waals surface area contributed by atoms with E-state index < -0.39 is 0 Å². The molecule has 1 aliphatic heterocycles. The van der Waals surface area contributed by atoms with Gasteiger partial charge in [-0.2, -0.15) is 0 Å². The molecule has 1 aliphatic rings. The summed E-state index contributed by atoms with van der Waals surface area (Å²) in [6, 6.07) is 19.4. The Morgan fingerprint density at radius 1 is 1.10 bits per heavy atom. The van der Waals surface area contributed by atoms with Crippen molar-refractivity contribution < 1.29 is 4.74 Å². The Kier molecular flexibility index (Phi) is 4.03. The zero-order valence-electron chi connectivity index (χ0n) is 11.9. The second-order valence-corrected chi connectivity index (χ2v) is 5.33. The van der Waals surface area contributed by atoms with Crippen molar-refractivity contribution in [2.45, 2.75) is 31.9 Å². The van der Waals surface area contributed by atoms with E-state index in [1.165, 1.54) is 11.1 Å². The number of para-hydroxylation sites is 1. The van der Waals surface area contributed by atoms with E-state index in [1.54, 1.807) is 0 Å². The average Bonchev–Trinajstić information content (AvgIpc) is 2.92. The maximum atomic E-state index is 5.98. The molecule has 2 nitrogen and oxygen atoms in total. The molecule has 2 aromatic rings. The largest absolute Gasteiger partial charge is 0.488 e. The van der Waals surface area contributed by atoms with Crippen LogP contribution < -0.4 is 10.1 Å². The van der Waals surface area contributed by atoms with E-state index in [2.05, 4.69) is 60.8 Å². The van der Waals surface area contributed by atoms with E-state index >= 15 is 0 Å². The molecule has 0 spiro atoms. The number of nitrogens with one attached hydrogen (secondary N) is 1. The van der Waals surface area contributed by atoms with Crippen LogP contribution in [-0.4, -0.2) is 12.6 Å².